The number of esters is 1. The predicted octanol–water partition coefficient (Wildman–Crippen LogP) is 4.79. The summed E-state index contributed by atoms with van der Waals surface area (Å²) in [6, 6.07) is 3.63. The fourth-order valence-corrected chi connectivity index (χ4v) is 5.80. The molecule has 0 unspecified atom stereocenters. The summed E-state index contributed by atoms with van der Waals surface area (Å²) >= 11 is 2.79. The molecule has 3 heterocycles. The number of fused-ring (bicyclic) bond motifs is 1. The molecule has 3 aromatic heterocycles. The van der Waals surface area contributed by atoms with Crippen LogP contribution in [0.5, 0.6) is 0 Å². The van der Waals surface area contributed by atoms with Crippen molar-refractivity contribution in [1.82, 2.24) is 14.8 Å². The van der Waals surface area contributed by atoms with Crippen LogP contribution < -0.4 is 5.32 Å². The van der Waals surface area contributed by atoms with Crippen LogP contribution in [0.25, 0.3) is 11.6 Å². The van der Waals surface area contributed by atoms with E-state index in [-0.39, 0.29) is 23.7 Å². The summed E-state index contributed by atoms with van der Waals surface area (Å²) in [7, 11) is 0. The molecule has 0 aliphatic heterocycles. The quantitative estimate of drug-likeness (QED) is 0.370. The molecule has 10 heteroatoms. The van der Waals surface area contributed by atoms with Gasteiger partial charge in [-0.3, -0.25) is 9.36 Å². The van der Waals surface area contributed by atoms with Gasteiger partial charge in [-0.15, -0.1) is 21.5 Å². The Morgan fingerprint density at radius 1 is 1.31 bits per heavy atom. The van der Waals surface area contributed by atoms with Gasteiger partial charge in [-0.1, -0.05) is 11.8 Å². The molecule has 3 aromatic rings. The monoisotopic (exact) mass is 474 g/mol. The molecule has 0 fully saturated rings. The maximum atomic E-state index is 12.8. The highest BCUT2D eigenvalue weighted by Gasteiger charge is 2.28. The van der Waals surface area contributed by atoms with Crippen molar-refractivity contribution in [3.8, 4) is 11.6 Å². The van der Waals surface area contributed by atoms with Crippen molar-refractivity contribution in [3.63, 3.8) is 0 Å². The van der Waals surface area contributed by atoms with E-state index in [1.807, 2.05) is 31.4 Å². The average molecular weight is 475 g/mol. The molecule has 0 spiro atoms. The molecule has 0 radical (unpaired) electrons. The van der Waals surface area contributed by atoms with Crippen molar-refractivity contribution < 1.29 is 18.7 Å². The zero-order valence-electron chi connectivity index (χ0n) is 18.3. The van der Waals surface area contributed by atoms with E-state index in [9.17, 15) is 9.59 Å². The van der Waals surface area contributed by atoms with Crippen molar-refractivity contribution >= 4 is 40.0 Å². The summed E-state index contributed by atoms with van der Waals surface area (Å²) in [5, 5.41) is 12.6. The first kappa shape index (κ1) is 22.6. The SMILES string of the molecule is CCn1c(SCC(=O)Nc2sc3c(c2C(=O)OC(C)C)CCCC3)nnc1-c1ccco1. The van der Waals surface area contributed by atoms with Gasteiger partial charge < -0.3 is 14.5 Å². The highest BCUT2D eigenvalue weighted by molar-refractivity contribution is 7.99. The third-order valence-electron chi connectivity index (χ3n) is 5.08. The largest absolute Gasteiger partial charge is 0.461 e. The van der Waals surface area contributed by atoms with Crippen LogP contribution in [-0.4, -0.2) is 38.5 Å². The van der Waals surface area contributed by atoms with Crippen molar-refractivity contribution in [1.29, 1.82) is 0 Å². The number of aryl methyl sites for hydroxylation is 1. The van der Waals surface area contributed by atoms with Gasteiger partial charge in [0.05, 0.1) is 23.7 Å². The molecule has 1 amide bonds. The molecular weight excluding hydrogens is 448 g/mol. The standard InChI is InChI=1S/C22H26N4O4S2/c1-4-26-19(15-9-7-11-29-15)24-25-22(26)31-12-17(27)23-20-18(21(28)30-13(2)3)14-8-5-6-10-16(14)32-20/h7,9,11,13H,4-6,8,10,12H2,1-3H3,(H,23,27). The number of nitrogens with one attached hydrogen (secondary N) is 1. The first-order chi connectivity index (χ1) is 15.5. The number of ether oxygens (including phenoxy) is 1. The summed E-state index contributed by atoms with van der Waals surface area (Å²) in [6.07, 6.45) is 5.28. The molecular formula is C22H26N4O4S2. The Morgan fingerprint density at radius 2 is 2.12 bits per heavy atom. The number of nitrogens with zero attached hydrogens (tertiary/aromatic N) is 3. The van der Waals surface area contributed by atoms with Gasteiger partial charge >= 0.3 is 5.97 Å². The lowest BCUT2D eigenvalue weighted by atomic mass is 9.95. The minimum Gasteiger partial charge on any atom is -0.461 e. The van der Waals surface area contributed by atoms with E-state index in [1.54, 1.807) is 12.3 Å². The molecule has 0 saturated heterocycles. The maximum Gasteiger partial charge on any atom is 0.341 e. The van der Waals surface area contributed by atoms with E-state index in [0.717, 1.165) is 31.2 Å². The van der Waals surface area contributed by atoms with Gasteiger partial charge in [-0.25, -0.2) is 4.79 Å². The lowest BCUT2D eigenvalue weighted by Gasteiger charge is -2.14. The normalized spacial score (nSPS) is 13.2. The van der Waals surface area contributed by atoms with Crippen LogP contribution in [0.1, 0.15) is 54.4 Å². The molecule has 0 aromatic carbocycles. The minimum absolute atomic E-state index is 0.150. The van der Waals surface area contributed by atoms with Crippen LogP contribution in [0.15, 0.2) is 28.0 Å². The number of furan rings is 1. The maximum absolute atomic E-state index is 12.8. The average Bonchev–Trinajstić information content (AvgIpc) is 3.48. The van der Waals surface area contributed by atoms with Crippen molar-refractivity contribution in [2.45, 2.75) is 64.3 Å². The fraction of sp³-hybridized carbons (Fsp3) is 0.455. The molecule has 1 aliphatic carbocycles. The predicted molar refractivity (Wildman–Crippen MR) is 124 cm³/mol. The number of thiophene rings is 1. The zero-order valence-corrected chi connectivity index (χ0v) is 20.0. The Kier molecular flexibility index (Phi) is 7.00. The van der Waals surface area contributed by atoms with Gasteiger partial charge in [0.2, 0.25) is 5.91 Å². The fourth-order valence-electron chi connectivity index (χ4n) is 3.70. The molecule has 4 rings (SSSR count). The van der Waals surface area contributed by atoms with Crippen molar-refractivity contribution in [2.75, 3.05) is 11.1 Å². The van der Waals surface area contributed by atoms with Crippen LogP contribution >= 0.6 is 23.1 Å². The Morgan fingerprint density at radius 3 is 2.84 bits per heavy atom. The van der Waals surface area contributed by atoms with Gasteiger partial charge in [0.25, 0.3) is 0 Å². The Balaban J connectivity index is 1.48. The summed E-state index contributed by atoms with van der Waals surface area (Å²) in [4.78, 5) is 26.7. The molecule has 32 heavy (non-hydrogen) atoms. The van der Waals surface area contributed by atoms with E-state index in [1.165, 1.54) is 28.0 Å². The second-order valence-electron chi connectivity index (χ2n) is 7.73. The Hall–Kier alpha value is -2.59. The van der Waals surface area contributed by atoms with E-state index in [0.29, 0.717) is 33.9 Å². The second-order valence-corrected chi connectivity index (χ2v) is 9.78. The zero-order chi connectivity index (χ0) is 22.7. The summed E-state index contributed by atoms with van der Waals surface area (Å²) in [5.41, 5.74) is 1.55. The van der Waals surface area contributed by atoms with Gasteiger partial charge in [0.1, 0.15) is 5.00 Å². The number of carbonyl (C=O) groups excluding carboxylic acids is 2. The molecule has 1 aliphatic rings. The molecule has 170 valence electrons. The number of aromatic nitrogens is 3. The van der Waals surface area contributed by atoms with Gasteiger partial charge in [-0.05, 0) is 64.2 Å². The molecule has 1 N–H and O–H groups in total. The lowest BCUT2D eigenvalue weighted by molar-refractivity contribution is -0.113. The topological polar surface area (TPSA) is 99.2 Å². The van der Waals surface area contributed by atoms with Crippen molar-refractivity contribution in [2.24, 2.45) is 0 Å². The molecule has 0 saturated carbocycles. The number of hydrogen-bond donors (Lipinski definition) is 1. The summed E-state index contributed by atoms with van der Waals surface area (Å²) in [6.45, 7) is 6.29. The minimum atomic E-state index is -0.365. The van der Waals surface area contributed by atoms with Crippen molar-refractivity contribution in [3.05, 3.63) is 34.4 Å². The molecule has 8 nitrogen and oxygen atoms in total. The van der Waals surface area contributed by atoms with Crippen LogP contribution in [0.3, 0.4) is 0 Å². The highest BCUT2D eigenvalue weighted by Crippen LogP contribution is 2.39. The van der Waals surface area contributed by atoms with Crippen LogP contribution in [0, 0.1) is 0 Å². The van der Waals surface area contributed by atoms with Crippen LogP contribution in [0.2, 0.25) is 0 Å². The second kappa shape index (κ2) is 9.91. The summed E-state index contributed by atoms with van der Waals surface area (Å²) in [5.74, 6) is 0.851. The number of thioether (sulfide) groups is 1. The molecule has 0 bridgehead atoms. The van der Waals surface area contributed by atoms with E-state index < -0.39 is 0 Å². The van der Waals surface area contributed by atoms with Crippen LogP contribution in [-0.2, 0) is 28.9 Å². The van der Waals surface area contributed by atoms with Gasteiger partial charge in [0, 0.05) is 11.4 Å². The first-order valence-corrected chi connectivity index (χ1v) is 12.5. The first-order valence-electron chi connectivity index (χ1n) is 10.7. The third-order valence-corrected chi connectivity index (χ3v) is 7.25. The van der Waals surface area contributed by atoms with E-state index >= 15 is 0 Å². The number of carbonyl (C=O) groups is 2. The van der Waals surface area contributed by atoms with Gasteiger partial charge in [0.15, 0.2) is 16.7 Å². The van der Waals surface area contributed by atoms with E-state index in [2.05, 4.69) is 15.5 Å². The summed E-state index contributed by atoms with van der Waals surface area (Å²) < 4.78 is 12.8. The lowest BCUT2D eigenvalue weighted by Crippen LogP contribution is -2.19. The van der Waals surface area contributed by atoms with Crippen LogP contribution in [0.4, 0.5) is 5.00 Å². The Labute approximate surface area is 194 Å². The number of rotatable bonds is 8. The number of hydrogen-bond acceptors (Lipinski definition) is 8. The number of amides is 1. The van der Waals surface area contributed by atoms with Gasteiger partial charge in [-0.2, -0.15) is 0 Å². The molecule has 0 atom stereocenters. The van der Waals surface area contributed by atoms with E-state index in [4.69, 9.17) is 9.15 Å². The highest BCUT2D eigenvalue weighted by atomic mass is 32.2. The smallest absolute Gasteiger partial charge is 0.341 e. The third kappa shape index (κ3) is 4.75. The number of anilines is 1. The Bertz CT molecular complexity index is 1100.